The second kappa shape index (κ2) is 7.29. The molecule has 0 saturated carbocycles. The van der Waals surface area contributed by atoms with E-state index in [4.69, 9.17) is 11.6 Å². The molecule has 0 atom stereocenters. The van der Waals surface area contributed by atoms with E-state index >= 15 is 0 Å². The fourth-order valence-corrected chi connectivity index (χ4v) is 2.41. The number of benzene rings is 2. The summed E-state index contributed by atoms with van der Waals surface area (Å²) in [6.07, 6.45) is 0.382. The van der Waals surface area contributed by atoms with E-state index in [1.54, 1.807) is 25.1 Å². The highest BCUT2D eigenvalue weighted by atomic mass is 35.5. The zero-order valence-electron chi connectivity index (χ0n) is 13.4. The molecule has 0 spiro atoms. The van der Waals surface area contributed by atoms with Crippen molar-refractivity contribution >= 4 is 34.8 Å². The van der Waals surface area contributed by atoms with Gasteiger partial charge in [-0.2, -0.15) is 0 Å². The van der Waals surface area contributed by atoms with Crippen molar-refractivity contribution in [2.75, 3.05) is 10.6 Å². The zero-order chi connectivity index (χ0) is 17.0. The van der Waals surface area contributed by atoms with Crippen LogP contribution >= 0.6 is 11.6 Å². The van der Waals surface area contributed by atoms with E-state index in [1.165, 1.54) is 0 Å². The number of rotatable bonds is 4. The van der Waals surface area contributed by atoms with Crippen molar-refractivity contribution in [1.82, 2.24) is 0 Å². The van der Waals surface area contributed by atoms with Gasteiger partial charge in [0.25, 0.3) is 5.91 Å². The smallest absolute Gasteiger partial charge is 0.255 e. The van der Waals surface area contributed by atoms with Gasteiger partial charge in [0.1, 0.15) is 0 Å². The molecule has 0 unspecified atom stereocenters. The Labute approximate surface area is 140 Å². The topological polar surface area (TPSA) is 58.2 Å². The van der Waals surface area contributed by atoms with E-state index in [2.05, 4.69) is 10.6 Å². The number of nitrogens with one attached hydrogen (secondary N) is 2. The molecule has 2 aromatic rings. The van der Waals surface area contributed by atoms with Crippen LogP contribution < -0.4 is 10.6 Å². The lowest BCUT2D eigenvalue weighted by molar-refractivity contribution is -0.115. The Kier molecular flexibility index (Phi) is 5.40. The molecule has 2 aromatic carbocycles. The Morgan fingerprint density at radius 1 is 1.00 bits per heavy atom. The van der Waals surface area contributed by atoms with Crippen molar-refractivity contribution in [3.63, 3.8) is 0 Å². The molecule has 2 rings (SSSR count). The van der Waals surface area contributed by atoms with Crippen molar-refractivity contribution in [3.05, 3.63) is 58.1 Å². The molecule has 120 valence electrons. The number of carbonyl (C=O) groups excluding carboxylic acids is 2. The summed E-state index contributed by atoms with van der Waals surface area (Å²) < 4.78 is 0. The Bertz CT molecular complexity index is 736. The molecule has 0 heterocycles. The van der Waals surface area contributed by atoms with Gasteiger partial charge in [-0.3, -0.25) is 9.59 Å². The number of carbonyl (C=O) groups is 2. The maximum Gasteiger partial charge on any atom is 0.255 e. The van der Waals surface area contributed by atoms with Gasteiger partial charge in [-0.15, -0.1) is 0 Å². The quantitative estimate of drug-likeness (QED) is 0.863. The van der Waals surface area contributed by atoms with Crippen LogP contribution in [0.1, 0.15) is 34.8 Å². The van der Waals surface area contributed by atoms with Crippen LogP contribution in [0.5, 0.6) is 0 Å². The lowest BCUT2D eigenvalue weighted by atomic mass is 10.1. The molecule has 23 heavy (non-hydrogen) atoms. The molecule has 0 aromatic heterocycles. The maximum atomic E-state index is 12.4. The SMILES string of the molecule is CCC(=O)Nc1ccc(Cl)c(NC(=O)c2cc(C)cc(C)c2)c1. The Hall–Kier alpha value is -2.33. The molecule has 0 aliphatic heterocycles. The summed E-state index contributed by atoms with van der Waals surface area (Å²) in [5.74, 6) is -0.337. The average molecular weight is 331 g/mol. The van der Waals surface area contributed by atoms with Crippen LogP contribution in [0.25, 0.3) is 0 Å². The molecule has 0 bridgehead atoms. The number of amides is 2. The second-order valence-corrected chi connectivity index (χ2v) is 5.83. The summed E-state index contributed by atoms with van der Waals surface area (Å²) in [5.41, 5.74) is 3.67. The number of hydrogen-bond acceptors (Lipinski definition) is 2. The molecule has 4 nitrogen and oxygen atoms in total. The lowest BCUT2D eigenvalue weighted by Crippen LogP contribution is -2.14. The highest BCUT2D eigenvalue weighted by Crippen LogP contribution is 2.26. The highest BCUT2D eigenvalue weighted by Gasteiger charge is 2.11. The number of hydrogen-bond donors (Lipinski definition) is 2. The van der Waals surface area contributed by atoms with Gasteiger partial charge in [-0.25, -0.2) is 0 Å². The van der Waals surface area contributed by atoms with E-state index < -0.39 is 0 Å². The summed E-state index contributed by atoms with van der Waals surface area (Å²) in [5, 5.41) is 5.95. The Morgan fingerprint density at radius 2 is 1.65 bits per heavy atom. The first-order chi connectivity index (χ1) is 10.9. The first kappa shape index (κ1) is 17.0. The molecule has 0 aliphatic rings. The van der Waals surface area contributed by atoms with E-state index in [0.29, 0.717) is 28.4 Å². The third kappa shape index (κ3) is 4.57. The fourth-order valence-electron chi connectivity index (χ4n) is 2.25. The van der Waals surface area contributed by atoms with E-state index in [1.807, 2.05) is 32.0 Å². The second-order valence-electron chi connectivity index (χ2n) is 5.43. The predicted molar refractivity (Wildman–Crippen MR) is 94.2 cm³/mol. The predicted octanol–water partition coefficient (Wildman–Crippen LogP) is 4.56. The minimum atomic E-state index is -0.238. The van der Waals surface area contributed by atoms with Crippen molar-refractivity contribution in [3.8, 4) is 0 Å². The summed E-state index contributed by atoms with van der Waals surface area (Å²) in [6, 6.07) is 10.6. The molecule has 2 N–H and O–H groups in total. The lowest BCUT2D eigenvalue weighted by Gasteiger charge is -2.11. The van der Waals surface area contributed by atoms with Gasteiger partial charge in [0.2, 0.25) is 5.91 Å². The first-order valence-corrected chi connectivity index (χ1v) is 7.76. The van der Waals surface area contributed by atoms with Gasteiger partial charge in [-0.1, -0.05) is 35.7 Å². The van der Waals surface area contributed by atoms with Crippen LogP contribution in [0.2, 0.25) is 5.02 Å². The van der Waals surface area contributed by atoms with E-state index in [-0.39, 0.29) is 11.8 Å². The van der Waals surface area contributed by atoms with Crippen LogP contribution in [-0.2, 0) is 4.79 Å². The number of aryl methyl sites for hydroxylation is 2. The molecule has 0 saturated heterocycles. The normalized spacial score (nSPS) is 10.3. The molecule has 0 radical (unpaired) electrons. The van der Waals surface area contributed by atoms with E-state index in [9.17, 15) is 9.59 Å². The zero-order valence-corrected chi connectivity index (χ0v) is 14.1. The van der Waals surface area contributed by atoms with E-state index in [0.717, 1.165) is 11.1 Å². The van der Waals surface area contributed by atoms with Gasteiger partial charge >= 0.3 is 0 Å². The maximum absolute atomic E-state index is 12.4. The van der Waals surface area contributed by atoms with Gasteiger partial charge < -0.3 is 10.6 Å². The summed E-state index contributed by atoms with van der Waals surface area (Å²) in [6.45, 7) is 5.66. The van der Waals surface area contributed by atoms with Gasteiger partial charge in [-0.05, 0) is 44.2 Å². The Morgan fingerprint density at radius 3 is 2.26 bits per heavy atom. The van der Waals surface area contributed by atoms with Crippen LogP contribution in [0.3, 0.4) is 0 Å². The molecular formula is C18H19ClN2O2. The van der Waals surface area contributed by atoms with Crippen LogP contribution in [0, 0.1) is 13.8 Å². The summed E-state index contributed by atoms with van der Waals surface area (Å²) >= 11 is 6.13. The minimum Gasteiger partial charge on any atom is -0.326 e. The third-order valence-electron chi connectivity index (χ3n) is 3.30. The fraction of sp³-hybridized carbons (Fsp3) is 0.222. The van der Waals surface area contributed by atoms with Crippen LogP contribution in [-0.4, -0.2) is 11.8 Å². The van der Waals surface area contributed by atoms with Gasteiger partial charge in [0.05, 0.1) is 10.7 Å². The van der Waals surface area contributed by atoms with Crippen molar-refractivity contribution < 1.29 is 9.59 Å². The van der Waals surface area contributed by atoms with Gasteiger partial charge in [0, 0.05) is 17.7 Å². The number of halogens is 1. The Balaban J connectivity index is 2.23. The van der Waals surface area contributed by atoms with Crippen molar-refractivity contribution in [2.24, 2.45) is 0 Å². The van der Waals surface area contributed by atoms with Crippen LogP contribution in [0.4, 0.5) is 11.4 Å². The average Bonchev–Trinajstić information content (AvgIpc) is 2.49. The standard InChI is InChI=1S/C18H19ClN2O2/c1-4-17(22)20-14-5-6-15(19)16(10-14)21-18(23)13-8-11(2)7-12(3)9-13/h5-10H,4H2,1-3H3,(H,20,22)(H,21,23). The molecule has 0 fully saturated rings. The monoisotopic (exact) mass is 330 g/mol. The first-order valence-electron chi connectivity index (χ1n) is 7.38. The van der Waals surface area contributed by atoms with Gasteiger partial charge in [0.15, 0.2) is 0 Å². The van der Waals surface area contributed by atoms with Crippen molar-refractivity contribution in [1.29, 1.82) is 0 Å². The number of anilines is 2. The molecule has 2 amide bonds. The largest absolute Gasteiger partial charge is 0.326 e. The molecular weight excluding hydrogens is 312 g/mol. The van der Waals surface area contributed by atoms with Crippen LogP contribution in [0.15, 0.2) is 36.4 Å². The molecule has 0 aliphatic carbocycles. The summed E-state index contributed by atoms with van der Waals surface area (Å²) in [4.78, 5) is 23.9. The minimum absolute atomic E-state index is 0.0982. The highest BCUT2D eigenvalue weighted by molar-refractivity contribution is 6.34. The van der Waals surface area contributed by atoms with Crippen molar-refractivity contribution in [2.45, 2.75) is 27.2 Å². The molecule has 5 heteroatoms. The summed E-state index contributed by atoms with van der Waals surface area (Å²) in [7, 11) is 0. The third-order valence-corrected chi connectivity index (χ3v) is 3.63.